The third kappa shape index (κ3) is 3.09. The molecule has 5 heteroatoms. The van der Waals surface area contributed by atoms with E-state index in [2.05, 4.69) is 38.6 Å². The fraction of sp³-hybridized carbons (Fsp3) is 0.133. The van der Waals surface area contributed by atoms with E-state index in [9.17, 15) is 0 Å². The van der Waals surface area contributed by atoms with Gasteiger partial charge in [0.2, 0.25) is 0 Å². The molecule has 0 amide bonds. The van der Waals surface area contributed by atoms with Crippen LogP contribution in [0.25, 0.3) is 0 Å². The zero-order valence-electron chi connectivity index (χ0n) is 11.6. The third-order valence-electron chi connectivity index (χ3n) is 3.05. The van der Waals surface area contributed by atoms with Gasteiger partial charge in [-0.2, -0.15) is 0 Å². The maximum Gasteiger partial charge on any atom is 0.127 e. The maximum atomic E-state index is 6.01. The van der Waals surface area contributed by atoms with Crippen LogP contribution in [0.15, 0.2) is 41.4 Å². The third-order valence-corrected chi connectivity index (χ3v) is 3.53. The molecule has 0 aromatic heterocycles. The lowest BCUT2D eigenvalue weighted by Gasteiger charge is -2.12. The second kappa shape index (κ2) is 5.93. The number of nitrogens with zero attached hydrogens (tertiary/aromatic N) is 1. The molecule has 0 spiro atoms. The van der Waals surface area contributed by atoms with Crippen molar-refractivity contribution in [3.8, 4) is 0 Å². The van der Waals surface area contributed by atoms with E-state index in [1.807, 2.05) is 24.3 Å². The van der Waals surface area contributed by atoms with Crippen molar-refractivity contribution in [3.05, 3.63) is 47.5 Å². The molecule has 0 aliphatic heterocycles. The normalized spacial score (nSPS) is 11.4. The van der Waals surface area contributed by atoms with Gasteiger partial charge in [0.15, 0.2) is 0 Å². The van der Waals surface area contributed by atoms with Gasteiger partial charge >= 0.3 is 0 Å². The molecule has 5 N–H and O–H groups in total. The fourth-order valence-corrected chi connectivity index (χ4v) is 2.38. The first-order valence-corrected chi connectivity index (χ1v) is 6.84. The van der Waals surface area contributed by atoms with Crippen LogP contribution >= 0.6 is 9.24 Å². The summed E-state index contributed by atoms with van der Waals surface area (Å²) in [7, 11) is 4.37. The molecule has 4 nitrogen and oxygen atoms in total. The van der Waals surface area contributed by atoms with Gasteiger partial charge in [0.05, 0.1) is 0 Å². The van der Waals surface area contributed by atoms with Crippen LogP contribution in [0, 0.1) is 6.92 Å². The summed E-state index contributed by atoms with van der Waals surface area (Å²) in [6.45, 7) is 2.07. The molecule has 0 saturated carbocycles. The molecule has 104 valence electrons. The summed E-state index contributed by atoms with van der Waals surface area (Å²) >= 11 is 0. The Bertz CT molecular complexity index is 665. The topological polar surface area (TPSA) is 76.4 Å². The number of rotatable bonds is 3. The first-order chi connectivity index (χ1) is 9.51. The number of hydrogen-bond acceptors (Lipinski definition) is 3. The zero-order chi connectivity index (χ0) is 14.7. The summed E-state index contributed by atoms with van der Waals surface area (Å²) in [5, 5.41) is 4.46. The van der Waals surface area contributed by atoms with E-state index in [4.69, 9.17) is 11.5 Å². The van der Waals surface area contributed by atoms with Crippen molar-refractivity contribution < 1.29 is 0 Å². The monoisotopic (exact) mass is 286 g/mol. The van der Waals surface area contributed by atoms with Crippen LogP contribution in [0.5, 0.6) is 0 Å². The van der Waals surface area contributed by atoms with E-state index < -0.39 is 0 Å². The summed E-state index contributed by atoms with van der Waals surface area (Å²) < 4.78 is 0. The summed E-state index contributed by atoms with van der Waals surface area (Å²) in [4.78, 5) is 3.95. The molecule has 0 bridgehead atoms. The minimum Gasteiger partial charge on any atom is -0.398 e. The number of nitrogens with two attached hydrogens (primary N) is 2. The molecular formula is C15H19N4P. The minimum absolute atomic E-state index is 0.441. The molecule has 0 aliphatic rings. The Labute approximate surface area is 121 Å². The summed E-state index contributed by atoms with van der Waals surface area (Å²) in [5.74, 6) is 0.441. The highest BCUT2D eigenvalue weighted by molar-refractivity contribution is 7.28. The van der Waals surface area contributed by atoms with Gasteiger partial charge in [-0.25, -0.2) is 0 Å². The summed E-state index contributed by atoms with van der Waals surface area (Å²) in [6.07, 6.45) is 0. The molecule has 1 unspecified atom stereocenters. The highest BCUT2D eigenvalue weighted by atomic mass is 31.0. The molecule has 0 radical (unpaired) electrons. The largest absolute Gasteiger partial charge is 0.398 e. The molecule has 2 aromatic carbocycles. The van der Waals surface area contributed by atoms with Crippen molar-refractivity contribution in [2.45, 2.75) is 6.92 Å². The fourth-order valence-electron chi connectivity index (χ4n) is 1.95. The zero-order valence-corrected chi connectivity index (χ0v) is 12.8. The lowest BCUT2D eigenvalue weighted by Crippen LogP contribution is -2.15. The predicted octanol–water partition coefficient (Wildman–Crippen LogP) is 2.16. The molecule has 0 fully saturated rings. The second-order valence-electron chi connectivity index (χ2n) is 4.63. The first-order valence-electron chi connectivity index (χ1n) is 6.26. The van der Waals surface area contributed by atoms with E-state index in [0.29, 0.717) is 11.5 Å². The average molecular weight is 286 g/mol. The molecular weight excluding hydrogens is 267 g/mol. The van der Waals surface area contributed by atoms with Gasteiger partial charge in [0.1, 0.15) is 5.84 Å². The Morgan fingerprint density at radius 1 is 1.20 bits per heavy atom. The van der Waals surface area contributed by atoms with Gasteiger partial charge in [-0.1, -0.05) is 17.7 Å². The Balaban J connectivity index is 2.29. The van der Waals surface area contributed by atoms with Crippen molar-refractivity contribution in [2.75, 3.05) is 18.1 Å². The Morgan fingerprint density at radius 3 is 2.55 bits per heavy atom. The molecule has 0 heterocycles. The van der Waals surface area contributed by atoms with Crippen LogP contribution in [0.4, 0.5) is 17.1 Å². The number of benzene rings is 2. The molecule has 20 heavy (non-hydrogen) atoms. The lowest BCUT2D eigenvalue weighted by molar-refractivity contribution is 1.39. The predicted molar refractivity (Wildman–Crippen MR) is 91.3 cm³/mol. The van der Waals surface area contributed by atoms with Crippen molar-refractivity contribution in [3.63, 3.8) is 0 Å². The number of amidine groups is 1. The summed E-state index contributed by atoms with van der Waals surface area (Å²) in [6, 6.07) is 11.9. The van der Waals surface area contributed by atoms with E-state index in [-0.39, 0.29) is 0 Å². The number of hydrogen-bond donors (Lipinski definition) is 3. The Kier molecular flexibility index (Phi) is 4.26. The highest BCUT2D eigenvalue weighted by Crippen LogP contribution is 2.22. The number of aryl methyl sites for hydroxylation is 1. The highest BCUT2D eigenvalue weighted by Gasteiger charge is 2.05. The van der Waals surface area contributed by atoms with Crippen molar-refractivity contribution >= 4 is 37.4 Å². The van der Waals surface area contributed by atoms with E-state index in [1.165, 1.54) is 5.56 Å². The van der Waals surface area contributed by atoms with Gasteiger partial charge in [0.25, 0.3) is 0 Å². The van der Waals surface area contributed by atoms with Gasteiger partial charge in [0, 0.05) is 29.7 Å². The molecule has 0 saturated heterocycles. The van der Waals surface area contributed by atoms with Gasteiger partial charge < -0.3 is 16.8 Å². The minimum atomic E-state index is 0.441. The standard InChI is InChI=1S/C15H19N4P/c1-9-3-6-13(14(20)7-9)19-10-4-5-11(12(16)8-10)15(17)18-2/h3-8,19H,16,20H2,1-2H3,(H2,17,18). The van der Waals surface area contributed by atoms with Gasteiger partial charge in [-0.3, -0.25) is 4.99 Å². The van der Waals surface area contributed by atoms with E-state index in [0.717, 1.165) is 22.2 Å². The Morgan fingerprint density at radius 2 is 1.95 bits per heavy atom. The van der Waals surface area contributed by atoms with Gasteiger partial charge in [-0.05, 0) is 36.5 Å². The van der Waals surface area contributed by atoms with Crippen LogP contribution in [0.2, 0.25) is 0 Å². The maximum absolute atomic E-state index is 6.01. The lowest BCUT2D eigenvalue weighted by atomic mass is 10.1. The van der Waals surface area contributed by atoms with E-state index >= 15 is 0 Å². The summed E-state index contributed by atoms with van der Waals surface area (Å²) in [5.41, 5.74) is 16.3. The smallest absolute Gasteiger partial charge is 0.127 e. The Hall–Kier alpha value is -2.06. The van der Waals surface area contributed by atoms with E-state index in [1.54, 1.807) is 7.05 Å². The number of nitrogen functional groups attached to an aromatic ring is 1. The van der Waals surface area contributed by atoms with Crippen molar-refractivity contribution in [2.24, 2.45) is 10.7 Å². The molecule has 1 atom stereocenters. The molecule has 0 aliphatic carbocycles. The van der Waals surface area contributed by atoms with Gasteiger partial charge in [-0.15, -0.1) is 9.24 Å². The molecule has 2 rings (SSSR count). The average Bonchev–Trinajstić information content (AvgIpc) is 2.41. The van der Waals surface area contributed by atoms with Crippen molar-refractivity contribution in [1.82, 2.24) is 0 Å². The van der Waals surface area contributed by atoms with Crippen LogP contribution in [0.3, 0.4) is 0 Å². The van der Waals surface area contributed by atoms with Crippen LogP contribution in [0.1, 0.15) is 11.1 Å². The molecule has 2 aromatic rings. The quantitative estimate of drug-likeness (QED) is 0.350. The number of nitrogens with one attached hydrogen (secondary N) is 1. The number of anilines is 3. The van der Waals surface area contributed by atoms with Crippen LogP contribution in [-0.2, 0) is 0 Å². The number of aliphatic imine (C=N–C) groups is 1. The first kappa shape index (κ1) is 14.4. The second-order valence-corrected chi connectivity index (χ2v) is 5.25. The van der Waals surface area contributed by atoms with Crippen LogP contribution < -0.4 is 22.1 Å². The van der Waals surface area contributed by atoms with Crippen LogP contribution in [-0.4, -0.2) is 12.9 Å². The SMILES string of the molecule is CN=C(N)c1ccc(Nc2ccc(C)cc2P)cc1N. The van der Waals surface area contributed by atoms with Crippen molar-refractivity contribution in [1.29, 1.82) is 0 Å².